The maximum absolute atomic E-state index is 11.9. The number of urea groups is 1. The van der Waals surface area contributed by atoms with Crippen molar-refractivity contribution < 1.29 is 19.8 Å². The maximum atomic E-state index is 11.9. The molecule has 18 heavy (non-hydrogen) atoms. The van der Waals surface area contributed by atoms with E-state index in [0.717, 1.165) is 0 Å². The molecular formula is C12H20N2O4. The molecule has 0 aromatic rings. The van der Waals surface area contributed by atoms with E-state index < -0.39 is 11.6 Å². The second-order valence-corrected chi connectivity index (χ2v) is 5.66. The molecule has 102 valence electrons. The molecule has 3 N–H and O–H groups in total. The highest BCUT2D eigenvalue weighted by molar-refractivity contribution is 5.75. The lowest BCUT2D eigenvalue weighted by Crippen LogP contribution is -2.44. The van der Waals surface area contributed by atoms with Crippen molar-refractivity contribution in [2.75, 3.05) is 13.1 Å². The molecule has 0 aromatic carbocycles. The smallest absolute Gasteiger partial charge is 0.317 e. The fourth-order valence-corrected chi connectivity index (χ4v) is 2.72. The summed E-state index contributed by atoms with van der Waals surface area (Å²) >= 11 is 0. The van der Waals surface area contributed by atoms with Gasteiger partial charge in [0, 0.05) is 12.6 Å². The first-order valence-electron chi connectivity index (χ1n) is 6.38. The number of carboxylic acids is 1. The Kier molecular flexibility index (Phi) is 3.47. The highest BCUT2D eigenvalue weighted by Gasteiger charge is 2.36. The van der Waals surface area contributed by atoms with Crippen molar-refractivity contribution in [3.05, 3.63) is 0 Å². The molecule has 1 saturated carbocycles. The highest BCUT2D eigenvalue weighted by Crippen LogP contribution is 2.26. The first-order chi connectivity index (χ1) is 8.37. The molecule has 1 saturated heterocycles. The van der Waals surface area contributed by atoms with Crippen LogP contribution in [0.25, 0.3) is 0 Å². The van der Waals surface area contributed by atoms with Gasteiger partial charge in [0.05, 0.1) is 18.1 Å². The number of carbonyl (C=O) groups excluding carboxylic acids is 1. The van der Waals surface area contributed by atoms with Crippen LogP contribution in [0.5, 0.6) is 0 Å². The molecule has 2 amide bonds. The first kappa shape index (κ1) is 13.1. The minimum absolute atomic E-state index is 0.0517. The molecule has 1 heterocycles. The third-order valence-electron chi connectivity index (χ3n) is 3.85. The lowest BCUT2D eigenvalue weighted by Gasteiger charge is -2.22. The number of nitrogens with zero attached hydrogens (tertiary/aromatic N) is 1. The molecule has 1 unspecified atom stereocenters. The second kappa shape index (κ2) is 4.76. The fraction of sp³-hybridized carbons (Fsp3) is 0.833. The van der Waals surface area contributed by atoms with Crippen LogP contribution in [0.2, 0.25) is 0 Å². The van der Waals surface area contributed by atoms with E-state index in [1.54, 1.807) is 11.8 Å². The summed E-state index contributed by atoms with van der Waals surface area (Å²) in [4.78, 5) is 24.3. The van der Waals surface area contributed by atoms with Gasteiger partial charge in [-0.1, -0.05) is 0 Å². The van der Waals surface area contributed by atoms with Crippen molar-refractivity contribution in [1.29, 1.82) is 0 Å². The van der Waals surface area contributed by atoms with Gasteiger partial charge in [0.25, 0.3) is 0 Å². The monoisotopic (exact) mass is 256 g/mol. The number of hydrogen-bond donors (Lipinski definition) is 3. The number of carbonyl (C=O) groups is 2. The summed E-state index contributed by atoms with van der Waals surface area (Å²) in [6.07, 6.45) is 2.43. The molecule has 0 bridgehead atoms. The second-order valence-electron chi connectivity index (χ2n) is 5.66. The van der Waals surface area contributed by atoms with Crippen LogP contribution in [-0.2, 0) is 4.79 Å². The van der Waals surface area contributed by atoms with Gasteiger partial charge in [-0.25, -0.2) is 4.79 Å². The number of likely N-dealkylation sites (tertiary alicyclic amines) is 1. The van der Waals surface area contributed by atoms with Crippen LogP contribution in [0.4, 0.5) is 4.79 Å². The van der Waals surface area contributed by atoms with Crippen LogP contribution in [0, 0.1) is 5.92 Å². The molecule has 6 heteroatoms. The summed E-state index contributed by atoms with van der Waals surface area (Å²) in [5.41, 5.74) is -0.795. The average Bonchev–Trinajstić information content (AvgIpc) is 2.84. The maximum Gasteiger partial charge on any atom is 0.317 e. The summed E-state index contributed by atoms with van der Waals surface area (Å²) in [7, 11) is 0. The molecule has 6 nitrogen and oxygen atoms in total. The Morgan fingerprint density at radius 2 is 2.11 bits per heavy atom. The molecule has 1 aliphatic heterocycles. The number of hydrogen-bond acceptors (Lipinski definition) is 3. The van der Waals surface area contributed by atoms with Gasteiger partial charge < -0.3 is 20.4 Å². The number of amides is 2. The van der Waals surface area contributed by atoms with Crippen LogP contribution in [0.1, 0.15) is 32.6 Å². The summed E-state index contributed by atoms with van der Waals surface area (Å²) in [6, 6.07) is -0.243. The van der Waals surface area contributed by atoms with Gasteiger partial charge in [-0.3, -0.25) is 4.79 Å². The standard InChI is InChI=1S/C12H20N2O4/c1-12(18)4-5-14(7-12)11(17)13-9-3-2-8(6-9)10(15)16/h8-9,18H,2-7H2,1H3,(H,13,17)(H,15,16)/t8-,9+,12?/m1/s1. The Bertz CT molecular complexity index is 356. The molecule has 2 rings (SSSR count). The summed E-state index contributed by atoms with van der Waals surface area (Å²) in [5, 5.41) is 21.5. The van der Waals surface area contributed by atoms with E-state index in [9.17, 15) is 14.7 Å². The van der Waals surface area contributed by atoms with Crippen LogP contribution in [-0.4, -0.2) is 51.8 Å². The van der Waals surface area contributed by atoms with Crippen molar-refractivity contribution in [2.24, 2.45) is 5.92 Å². The van der Waals surface area contributed by atoms with Crippen molar-refractivity contribution >= 4 is 12.0 Å². The zero-order valence-electron chi connectivity index (χ0n) is 10.6. The quantitative estimate of drug-likeness (QED) is 0.667. The van der Waals surface area contributed by atoms with E-state index in [4.69, 9.17) is 5.11 Å². The number of carboxylic acid groups (broad SMARTS) is 1. The van der Waals surface area contributed by atoms with Crippen molar-refractivity contribution in [3.8, 4) is 0 Å². The molecule has 2 aliphatic rings. The first-order valence-corrected chi connectivity index (χ1v) is 6.38. The van der Waals surface area contributed by atoms with Crippen LogP contribution >= 0.6 is 0 Å². The van der Waals surface area contributed by atoms with Crippen molar-refractivity contribution in [3.63, 3.8) is 0 Å². The molecule has 3 atom stereocenters. The molecule has 1 aliphatic carbocycles. The molecular weight excluding hydrogens is 236 g/mol. The van der Waals surface area contributed by atoms with Gasteiger partial charge in [-0.2, -0.15) is 0 Å². The molecule has 0 aromatic heterocycles. The van der Waals surface area contributed by atoms with Crippen molar-refractivity contribution in [2.45, 2.75) is 44.2 Å². The van der Waals surface area contributed by atoms with E-state index in [-0.39, 0.29) is 18.0 Å². The van der Waals surface area contributed by atoms with E-state index in [0.29, 0.717) is 38.8 Å². The zero-order valence-corrected chi connectivity index (χ0v) is 10.6. The predicted molar refractivity (Wildman–Crippen MR) is 64.1 cm³/mol. The molecule has 2 fully saturated rings. The zero-order chi connectivity index (χ0) is 13.3. The summed E-state index contributed by atoms with van der Waals surface area (Å²) < 4.78 is 0. The van der Waals surface area contributed by atoms with Crippen LogP contribution in [0.15, 0.2) is 0 Å². The predicted octanol–water partition coefficient (Wildman–Crippen LogP) is 0.406. The average molecular weight is 256 g/mol. The van der Waals surface area contributed by atoms with E-state index in [1.165, 1.54) is 0 Å². The number of aliphatic hydroxyl groups is 1. The Balaban J connectivity index is 1.81. The van der Waals surface area contributed by atoms with Crippen molar-refractivity contribution in [1.82, 2.24) is 10.2 Å². The largest absolute Gasteiger partial charge is 0.481 e. The normalized spacial score (nSPS) is 35.8. The lowest BCUT2D eigenvalue weighted by atomic mass is 10.1. The number of rotatable bonds is 2. The minimum atomic E-state index is -0.795. The SMILES string of the molecule is CC1(O)CCN(C(=O)N[C@H]2CC[C@@H](C(=O)O)C2)C1. The van der Waals surface area contributed by atoms with E-state index in [1.807, 2.05) is 0 Å². The van der Waals surface area contributed by atoms with E-state index in [2.05, 4.69) is 5.32 Å². The Hall–Kier alpha value is -1.30. The van der Waals surface area contributed by atoms with Gasteiger partial charge in [0.2, 0.25) is 0 Å². The Labute approximate surface area is 106 Å². The van der Waals surface area contributed by atoms with Gasteiger partial charge in [0.15, 0.2) is 0 Å². The number of nitrogens with one attached hydrogen (secondary N) is 1. The van der Waals surface area contributed by atoms with Gasteiger partial charge in [-0.05, 0) is 32.6 Å². The summed E-state index contributed by atoms with van der Waals surface area (Å²) in [5.74, 6) is -1.12. The van der Waals surface area contributed by atoms with Gasteiger partial charge >= 0.3 is 12.0 Å². The topological polar surface area (TPSA) is 89.9 Å². The Morgan fingerprint density at radius 3 is 2.61 bits per heavy atom. The number of aliphatic carboxylic acids is 1. The molecule has 0 radical (unpaired) electrons. The van der Waals surface area contributed by atoms with Gasteiger partial charge in [0.1, 0.15) is 0 Å². The third kappa shape index (κ3) is 2.93. The third-order valence-corrected chi connectivity index (χ3v) is 3.85. The van der Waals surface area contributed by atoms with Gasteiger partial charge in [-0.15, -0.1) is 0 Å². The number of β-amino-alcohol motifs (C(OH)–C–C–N with tert-alkyl or cyclic N) is 1. The lowest BCUT2D eigenvalue weighted by molar-refractivity contribution is -0.141. The van der Waals surface area contributed by atoms with Crippen LogP contribution < -0.4 is 5.32 Å². The highest BCUT2D eigenvalue weighted by atomic mass is 16.4. The minimum Gasteiger partial charge on any atom is -0.481 e. The molecule has 0 spiro atoms. The Morgan fingerprint density at radius 1 is 1.39 bits per heavy atom. The van der Waals surface area contributed by atoms with E-state index >= 15 is 0 Å². The fourth-order valence-electron chi connectivity index (χ4n) is 2.72. The van der Waals surface area contributed by atoms with Crippen LogP contribution in [0.3, 0.4) is 0 Å². The summed E-state index contributed by atoms with van der Waals surface area (Å²) in [6.45, 7) is 2.61.